The van der Waals surface area contributed by atoms with Crippen LogP contribution in [-0.2, 0) is 20.8 Å². The highest BCUT2D eigenvalue weighted by atomic mass is 16.3. The van der Waals surface area contributed by atoms with Crippen LogP contribution in [0.1, 0.15) is 81.5 Å². The number of hydrogen-bond acceptors (Lipinski definition) is 5. The fourth-order valence-corrected chi connectivity index (χ4v) is 6.28. The molecule has 0 bridgehead atoms. The average Bonchev–Trinajstić information content (AvgIpc) is 3.45. The highest BCUT2D eigenvalue weighted by Crippen LogP contribution is 2.38. The van der Waals surface area contributed by atoms with E-state index in [1.807, 2.05) is 45.0 Å². The molecule has 41 heavy (non-hydrogen) atoms. The van der Waals surface area contributed by atoms with Gasteiger partial charge in [-0.2, -0.15) is 0 Å². The number of amides is 3. The summed E-state index contributed by atoms with van der Waals surface area (Å²) in [5.74, 6) is 0.159. The smallest absolute Gasteiger partial charge is 0.243 e. The van der Waals surface area contributed by atoms with E-state index in [1.54, 1.807) is 29.2 Å². The maximum absolute atomic E-state index is 13.7. The van der Waals surface area contributed by atoms with Gasteiger partial charge in [0.2, 0.25) is 17.7 Å². The largest absolute Gasteiger partial charge is 0.508 e. The fraction of sp³-hybridized carbons (Fsp3) is 0.545. The summed E-state index contributed by atoms with van der Waals surface area (Å²) in [6.45, 7) is 6.53. The molecule has 4 atom stereocenters. The van der Waals surface area contributed by atoms with Gasteiger partial charge in [-0.1, -0.05) is 82.3 Å². The first kappa shape index (κ1) is 32.1. The van der Waals surface area contributed by atoms with Crippen LogP contribution in [0.2, 0.25) is 0 Å². The number of nitrogens with one attached hydrogen (secondary N) is 2. The minimum absolute atomic E-state index is 0.123. The monoisotopic (exact) mass is 564 g/mol. The molecule has 1 aliphatic carbocycles. The number of aromatic hydroxyl groups is 1. The Morgan fingerprint density at radius 1 is 1.00 bits per heavy atom. The lowest BCUT2D eigenvalue weighted by molar-refractivity contribution is -0.139. The van der Waals surface area contributed by atoms with Gasteiger partial charge in [-0.3, -0.25) is 14.4 Å². The van der Waals surface area contributed by atoms with Gasteiger partial charge in [0.05, 0.1) is 0 Å². The Morgan fingerprint density at radius 2 is 1.66 bits per heavy atom. The Morgan fingerprint density at radius 3 is 2.29 bits per heavy atom. The second-order valence-electron chi connectivity index (χ2n) is 11.2. The lowest BCUT2D eigenvalue weighted by atomic mass is 9.79. The first-order valence-electron chi connectivity index (χ1n) is 15.2. The summed E-state index contributed by atoms with van der Waals surface area (Å²) in [6.07, 6.45) is 6.88. The molecule has 0 spiro atoms. The third-order valence-electron chi connectivity index (χ3n) is 8.51. The van der Waals surface area contributed by atoms with E-state index in [9.17, 15) is 19.5 Å². The van der Waals surface area contributed by atoms with Gasteiger partial charge < -0.3 is 26.4 Å². The molecule has 2 fully saturated rings. The maximum atomic E-state index is 13.7. The molecule has 5 N–H and O–H groups in total. The van der Waals surface area contributed by atoms with Gasteiger partial charge in [-0.15, -0.1) is 0 Å². The predicted molar refractivity (Wildman–Crippen MR) is 162 cm³/mol. The summed E-state index contributed by atoms with van der Waals surface area (Å²) in [6, 6.07) is 12.5. The minimum atomic E-state index is -0.799. The van der Waals surface area contributed by atoms with E-state index in [1.165, 1.54) is 26.3 Å². The van der Waals surface area contributed by atoms with Crippen molar-refractivity contribution >= 4 is 17.7 Å². The van der Waals surface area contributed by atoms with E-state index in [4.69, 9.17) is 5.73 Å². The van der Waals surface area contributed by atoms with E-state index in [-0.39, 0.29) is 42.2 Å². The van der Waals surface area contributed by atoms with Gasteiger partial charge in [0, 0.05) is 32.5 Å². The van der Waals surface area contributed by atoms with Crippen molar-refractivity contribution in [3.63, 3.8) is 0 Å². The first-order chi connectivity index (χ1) is 19.8. The molecule has 1 saturated carbocycles. The van der Waals surface area contributed by atoms with Crippen LogP contribution in [0.15, 0.2) is 48.5 Å². The van der Waals surface area contributed by atoms with E-state index in [0.29, 0.717) is 18.9 Å². The van der Waals surface area contributed by atoms with Gasteiger partial charge in [-0.25, -0.2) is 0 Å². The SMILES string of the molecule is CC.CNC(=O)[C@H](Cc1ccc(O)cc1)NC(=O)[C@@H]1CC(C2CCCCC2)CN1C(=O)CC(N)c1ccccc1C. The number of nitrogens with two attached hydrogens (primary N) is 1. The maximum Gasteiger partial charge on any atom is 0.243 e. The van der Waals surface area contributed by atoms with Crippen LogP contribution in [0.3, 0.4) is 0 Å². The number of rotatable bonds is 9. The summed E-state index contributed by atoms with van der Waals surface area (Å²) in [4.78, 5) is 41.8. The van der Waals surface area contributed by atoms with Gasteiger partial charge in [-0.05, 0) is 54.0 Å². The summed E-state index contributed by atoms with van der Waals surface area (Å²) in [5, 5.41) is 15.2. The number of phenolic OH excluding ortho intramolecular Hbond substituents is 1. The summed E-state index contributed by atoms with van der Waals surface area (Å²) < 4.78 is 0. The lowest BCUT2D eigenvalue weighted by Gasteiger charge is -2.28. The minimum Gasteiger partial charge on any atom is -0.508 e. The number of benzene rings is 2. The number of likely N-dealkylation sites (N-methyl/N-ethyl adjacent to an activating group) is 1. The second-order valence-corrected chi connectivity index (χ2v) is 11.2. The van der Waals surface area contributed by atoms with Crippen LogP contribution in [0.25, 0.3) is 0 Å². The molecule has 3 amide bonds. The predicted octanol–water partition coefficient (Wildman–Crippen LogP) is 4.39. The van der Waals surface area contributed by atoms with Crippen molar-refractivity contribution in [2.75, 3.05) is 13.6 Å². The van der Waals surface area contributed by atoms with Crippen molar-refractivity contribution in [1.82, 2.24) is 15.5 Å². The fourth-order valence-electron chi connectivity index (χ4n) is 6.28. The Bertz CT molecular complexity index is 1150. The molecule has 1 saturated heterocycles. The average molecular weight is 565 g/mol. The van der Waals surface area contributed by atoms with E-state index in [2.05, 4.69) is 10.6 Å². The highest BCUT2D eigenvalue weighted by Gasteiger charge is 2.43. The Kier molecular flexibility index (Phi) is 12.2. The number of aryl methyl sites for hydroxylation is 1. The summed E-state index contributed by atoms with van der Waals surface area (Å²) >= 11 is 0. The van der Waals surface area contributed by atoms with Crippen molar-refractivity contribution in [2.24, 2.45) is 17.6 Å². The quantitative estimate of drug-likeness (QED) is 0.360. The zero-order valence-electron chi connectivity index (χ0n) is 25.1. The molecule has 8 heteroatoms. The second kappa shape index (κ2) is 15.6. The molecule has 2 aromatic carbocycles. The molecule has 1 heterocycles. The normalized spacial score (nSPS) is 20.4. The molecule has 0 radical (unpaired) electrons. The molecule has 0 aromatic heterocycles. The van der Waals surface area contributed by atoms with Crippen LogP contribution in [-0.4, -0.2) is 53.4 Å². The number of likely N-dealkylation sites (tertiary alicyclic amines) is 1. The van der Waals surface area contributed by atoms with E-state index < -0.39 is 18.1 Å². The number of carbonyl (C=O) groups is 3. The molecule has 8 nitrogen and oxygen atoms in total. The molecular weight excluding hydrogens is 516 g/mol. The Labute approximate surface area is 245 Å². The summed E-state index contributed by atoms with van der Waals surface area (Å²) in [7, 11) is 1.54. The lowest BCUT2D eigenvalue weighted by Crippen LogP contribution is -2.53. The number of nitrogens with zero attached hydrogens (tertiary/aromatic N) is 1. The van der Waals surface area contributed by atoms with Crippen molar-refractivity contribution in [3.05, 3.63) is 65.2 Å². The third kappa shape index (κ3) is 8.55. The zero-order valence-corrected chi connectivity index (χ0v) is 25.1. The van der Waals surface area contributed by atoms with Gasteiger partial charge in [0.25, 0.3) is 0 Å². The molecule has 2 aliphatic rings. The molecule has 4 rings (SSSR count). The van der Waals surface area contributed by atoms with Crippen LogP contribution in [0.4, 0.5) is 0 Å². The Hall–Kier alpha value is -3.39. The Balaban J connectivity index is 0.00000226. The van der Waals surface area contributed by atoms with Crippen molar-refractivity contribution in [1.29, 1.82) is 0 Å². The molecule has 2 aromatic rings. The van der Waals surface area contributed by atoms with Crippen molar-refractivity contribution < 1.29 is 19.5 Å². The molecule has 2 unspecified atom stereocenters. The highest BCUT2D eigenvalue weighted by molar-refractivity contribution is 5.92. The van der Waals surface area contributed by atoms with E-state index in [0.717, 1.165) is 29.5 Å². The number of carbonyl (C=O) groups excluding carboxylic acids is 3. The van der Waals surface area contributed by atoms with Crippen LogP contribution in [0.5, 0.6) is 5.75 Å². The van der Waals surface area contributed by atoms with Gasteiger partial charge in [0.15, 0.2) is 0 Å². The van der Waals surface area contributed by atoms with Crippen molar-refractivity contribution in [2.45, 2.75) is 90.3 Å². The van der Waals surface area contributed by atoms with Gasteiger partial charge >= 0.3 is 0 Å². The zero-order chi connectivity index (χ0) is 29.9. The van der Waals surface area contributed by atoms with Crippen LogP contribution in [0, 0.1) is 18.8 Å². The summed E-state index contributed by atoms with van der Waals surface area (Å²) in [5.41, 5.74) is 9.26. The standard InChI is InChI=1S/C31H42N4O4.C2H6/c1-20-8-6-7-11-25(20)26(32)18-29(37)35-19-23(22-9-4-3-5-10-22)17-28(35)31(39)34-27(30(38)33-2)16-21-12-14-24(36)15-13-21;1-2/h6-8,11-15,22-23,26-28,36H,3-5,9-10,16-19,32H2,1-2H3,(H,33,38)(H,34,39);1-2H3/t23?,26?,27-,28-;/m0./s1. The third-order valence-corrected chi connectivity index (χ3v) is 8.51. The van der Waals surface area contributed by atoms with Crippen LogP contribution >= 0.6 is 0 Å². The number of phenols is 1. The molecule has 1 aliphatic heterocycles. The molecule has 224 valence electrons. The number of hydrogen-bond donors (Lipinski definition) is 4. The van der Waals surface area contributed by atoms with E-state index >= 15 is 0 Å². The van der Waals surface area contributed by atoms with Crippen LogP contribution < -0.4 is 16.4 Å². The topological polar surface area (TPSA) is 125 Å². The van der Waals surface area contributed by atoms with Crippen molar-refractivity contribution in [3.8, 4) is 5.75 Å². The first-order valence-corrected chi connectivity index (χ1v) is 15.2. The van der Waals surface area contributed by atoms with Gasteiger partial charge in [0.1, 0.15) is 17.8 Å². The molecular formula is C33H48N4O4.